The van der Waals surface area contributed by atoms with E-state index in [2.05, 4.69) is 33.4 Å². The van der Waals surface area contributed by atoms with Gasteiger partial charge in [-0.2, -0.15) is 0 Å². The normalized spacial score (nSPS) is 12.0. The molecule has 0 amide bonds. The number of thiol groups is 1. The standard InChI is InChI=1S/C29H59O12S/c1-4-7-30-9-11-32-13-15-34-17-19-36-21-23-38-25-27-40-29(42,6-3)41-28-26-39-24-22-37-20-18-35-16-14-33-12-10-31-8-5-2/h42H,3-28H2,1-2H3. The molecule has 0 aromatic rings. The van der Waals surface area contributed by atoms with Crippen LogP contribution in [-0.2, 0) is 56.8 Å². The Labute approximate surface area is 259 Å². The first-order chi connectivity index (χ1) is 20.7. The predicted octanol–water partition coefficient (Wildman–Crippen LogP) is 2.81. The van der Waals surface area contributed by atoms with E-state index in [0.717, 1.165) is 26.1 Å². The number of hydrogen-bond acceptors (Lipinski definition) is 13. The molecule has 1 radical (unpaired) electrons. The van der Waals surface area contributed by atoms with Crippen molar-refractivity contribution < 1.29 is 56.8 Å². The van der Waals surface area contributed by atoms with Gasteiger partial charge >= 0.3 is 0 Å². The van der Waals surface area contributed by atoms with E-state index in [1.54, 1.807) is 0 Å². The van der Waals surface area contributed by atoms with Gasteiger partial charge in [0.1, 0.15) is 0 Å². The molecule has 0 rings (SSSR count). The van der Waals surface area contributed by atoms with Crippen molar-refractivity contribution in [2.75, 3.05) is 145 Å². The van der Waals surface area contributed by atoms with Crippen molar-refractivity contribution in [1.29, 1.82) is 0 Å². The number of rotatable bonds is 37. The summed E-state index contributed by atoms with van der Waals surface area (Å²) in [5.74, 6) is 0. The molecule has 13 heteroatoms. The van der Waals surface area contributed by atoms with E-state index in [1.807, 2.05) is 0 Å². The average molecular weight is 632 g/mol. The van der Waals surface area contributed by atoms with Gasteiger partial charge in [-0.3, -0.25) is 0 Å². The highest BCUT2D eigenvalue weighted by atomic mass is 32.1. The maximum atomic E-state index is 5.69. The van der Waals surface area contributed by atoms with Crippen LogP contribution in [0.15, 0.2) is 0 Å². The summed E-state index contributed by atoms with van der Waals surface area (Å²) in [6.07, 6.45) is 2.37. The Balaban J connectivity index is 3.37. The quantitative estimate of drug-likeness (QED) is 0.0619. The van der Waals surface area contributed by atoms with Crippen LogP contribution in [0.1, 0.15) is 33.1 Å². The molecule has 42 heavy (non-hydrogen) atoms. The fraction of sp³-hybridized carbons (Fsp3) is 0.966. The van der Waals surface area contributed by atoms with E-state index in [-0.39, 0.29) is 0 Å². The van der Waals surface area contributed by atoms with E-state index in [4.69, 9.17) is 56.8 Å². The van der Waals surface area contributed by atoms with Gasteiger partial charge in [0, 0.05) is 19.6 Å². The second kappa shape index (κ2) is 35.4. The van der Waals surface area contributed by atoms with Crippen LogP contribution < -0.4 is 0 Å². The minimum Gasteiger partial charge on any atom is -0.379 e. The SMILES string of the molecule is [CH2]CC(S)(OCCOCCOCCOCCOCCOCCC)OCCOCCOCCOCCOCCOCCC. The predicted molar refractivity (Wildman–Crippen MR) is 162 cm³/mol. The Morgan fingerprint density at radius 2 is 0.548 bits per heavy atom. The van der Waals surface area contributed by atoms with Crippen molar-refractivity contribution >= 4 is 12.6 Å². The minimum absolute atomic E-state index is 0.321. The van der Waals surface area contributed by atoms with Crippen molar-refractivity contribution in [2.45, 2.75) is 38.2 Å². The summed E-state index contributed by atoms with van der Waals surface area (Å²) in [6, 6.07) is 0. The molecule has 0 heterocycles. The minimum atomic E-state index is -1.09. The summed E-state index contributed by atoms with van der Waals surface area (Å²) in [5, 5.41) is -1.09. The molecular weight excluding hydrogens is 572 g/mol. The summed E-state index contributed by atoms with van der Waals surface area (Å²) in [6.45, 7) is 19.5. The molecule has 0 aromatic heterocycles. The van der Waals surface area contributed by atoms with Gasteiger partial charge in [0.05, 0.1) is 132 Å². The Morgan fingerprint density at radius 3 is 0.738 bits per heavy atom. The lowest BCUT2D eigenvalue weighted by molar-refractivity contribution is -0.182. The van der Waals surface area contributed by atoms with Crippen LogP contribution >= 0.6 is 12.6 Å². The summed E-state index contributed by atoms with van der Waals surface area (Å²) < 4.78 is 65.8. The smallest absolute Gasteiger partial charge is 0.215 e. The summed E-state index contributed by atoms with van der Waals surface area (Å²) in [4.78, 5) is 0. The fourth-order valence-corrected chi connectivity index (χ4v) is 3.14. The van der Waals surface area contributed by atoms with Crippen LogP contribution in [0, 0.1) is 6.92 Å². The molecule has 253 valence electrons. The molecule has 0 unspecified atom stereocenters. The highest BCUT2D eigenvalue weighted by Gasteiger charge is 2.24. The maximum absolute atomic E-state index is 5.69. The molecule has 0 aliphatic heterocycles. The molecule has 0 N–H and O–H groups in total. The van der Waals surface area contributed by atoms with Gasteiger partial charge in [0.15, 0.2) is 0 Å². The Morgan fingerprint density at radius 1 is 0.357 bits per heavy atom. The van der Waals surface area contributed by atoms with Crippen LogP contribution in [0.5, 0.6) is 0 Å². The Bertz CT molecular complexity index is 469. The molecule has 0 aliphatic rings. The van der Waals surface area contributed by atoms with E-state index in [1.165, 1.54) is 0 Å². The lowest BCUT2D eigenvalue weighted by Gasteiger charge is -2.27. The second-order valence-corrected chi connectivity index (χ2v) is 9.46. The van der Waals surface area contributed by atoms with Crippen LogP contribution in [-0.4, -0.2) is 150 Å². The van der Waals surface area contributed by atoms with Gasteiger partial charge in [-0.1, -0.05) is 13.8 Å². The molecule has 0 fully saturated rings. The molecule has 0 aliphatic carbocycles. The topological polar surface area (TPSA) is 111 Å². The van der Waals surface area contributed by atoms with Gasteiger partial charge in [-0.05, 0) is 19.8 Å². The Kier molecular flexibility index (Phi) is 35.2. The maximum Gasteiger partial charge on any atom is 0.215 e. The second-order valence-electron chi connectivity index (χ2n) is 8.78. The van der Waals surface area contributed by atoms with Crippen molar-refractivity contribution in [1.82, 2.24) is 0 Å². The van der Waals surface area contributed by atoms with Crippen molar-refractivity contribution in [3.8, 4) is 0 Å². The zero-order valence-electron chi connectivity index (χ0n) is 26.2. The third-order valence-electron chi connectivity index (χ3n) is 5.10. The van der Waals surface area contributed by atoms with Crippen molar-refractivity contribution in [3.63, 3.8) is 0 Å². The summed E-state index contributed by atoms with van der Waals surface area (Å²) >= 11 is 4.46. The molecule has 12 nitrogen and oxygen atoms in total. The van der Waals surface area contributed by atoms with Gasteiger partial charge < -0.3 is 56.8 Å². The zero-order chi connectivity index (χ0) is 30.7. The highest BCUT2D eigenvalue weighted by molar-refractivity contribution is 7.81. The first-order valence-corrected chi connectivity index (χ1v) is 15.7. The van der Waals surface area contributed by atoms with Crippen molar-refractivity contribution in [3.05, 3.63) is 6.92 Å². The van der Waals surface area contributed by atoms with E-state index in [0.29, 0.717) is 139 Å². The first kappa shape index (κ1) is 41.9. The molecule has 0 saturated heterocycles. The summed E-state index contributed by atoms with van der Waals surface area (Å²) in [5.41, 5.74) is 0. The highest BCUT2D eigenvalue weighted by Crippen LogP contribution is 2.22. The Hall–Kier alpha value is -0.130. The third-order valence-corrected chi connectivity index (χ3v) is 5.58. The molecule has 0 aromatic carbocycles. The van der Waals surface area contributed by atoms with E-state index < -0.39 is 5.12 Å². The number of hydrogen-bond donors (Lipinski definition) is 1. The van der Waals surface area contributed by atoms with Crippen LogP contribution in [0.3, 0.4) is 0 Å². The lowest BCUT2D eigenvalue weighted by atomic mass is 10.4. The van der Waals surface area contributed by atoms with Crippen LogP contribution in [0.25, 0.3) is 0 Å². The monoisotopic (exact) mass is 631 g/mol. The zero-order valence-corrected chi connectivity index (χ0v) is 27.1. The third kappa shape index (κ3) is 32.8. The van der Waals surface area contributed by atoms with Crippen LogP contribution in [0.4, 0.5) is 0 Å². The van der Waals surface area contributed by atoms with Gasteiger partial charge in [0.2, 0.25) is 5.12 Å². The molecule has 0 bridgehead atoms. The van der Waals surface area contributed by atoms with Crippen molar-refractivity contribution in [2.24, 2.45) is 0 Å². The van der Waals surface area contributed by atoms with Gasteiger partial charge in [-0.15, -0.1) is 12.6 Å². The molecule has 0 saturated carbocycles. The first-order valence-electron chi connectivity index (χ1n) is 15.3. The van der Waals surface area contributed by atoms with Gasteiger partial charge in [-0.25, -0.2) is 0 Å². The molecule has 0 atom stereocenters. The molecular formula is C29H59O12S. The van der Waals surface area contributed by atoms with Crippen LogP contribution in [0.2, 0.25) is 0 Å². The lowest BCUT2D eigenvalue weighted by Crippen LogP contribution is -2.32. The van der Waals surface area contributed by atoms with E-state index in [9.17, 15) is 0 Å². The number of ether oxygens (including phenoxy) is 12. The molecule has 0 spiro atoms. The average Bonchev–Trinajstić information content (AvgIpc) is 3.00. The van der Waals surface area contributed by atoms with Gasteiger partial charge in [0.25, 0.3) is 0 Å². The fourth-order valence-electron chi connectivity index (χ4n) is 2.96. The van der Waals surface area contributed by atoms with E-state index >= 15 is 0 Å². The largest absolute Gasteiger partial charge is 0.379 e. The summed E-state index contributed by atoms with van der Waals surface area (Å²) in [7, 11) is 0.